The Bertz CT molecular complexity index is 225. The van der Waals surface area contributed by atoms with E-state index in [1.54, 1.807) is 0 Å². The molecule has 0 aromatic carbocycles. The molecule has 1 aliphatic heterocycles. The van der Waals surface area contributed by atoms with E-state index in [0.717, 1.165) is 13.1 Å². The first kappa shape index (κ1) is 11.0. The van der Waals surface area contributed by atoms with Gasteiger partial charge in [-0.1, -0.05) is 0 Å². The van der Waals surface area contributed by atoms with Crippen LogP contribution in [0.15, 0.2) is 0 Å². The average molecular weight is 201 g/mol. The van der Waals surface area contributed by atoms with Crippen molar-refractivity contribution in [3.63, 3.8) is 0 Å². The van der Waals surface area contributed by atoms with Crippen LogP contribution in [0.3, 0.4) is 0 Å². The van der Waals surface area contributed by atoms with Gasteiger partial charge in [0.05, 0.1) is 26.6 Å². The molecule has 0 amide bonds. The third kappa shape index (κ3) is 3.33. The minimum atomic E-state index is -0.394. The van der Waals surface area contributed by atoms with Crippen LogP contribution in [0.2, 0.25) is 0 Å². The molecule has 5 nitrogen and oxygen atoms in total. The standard InChI is InChI=1S/C9H15NO4/c1-13-8(11)5-7(9(12)14-2)6-10-3-4-10/h7H,3-6H2,1-2H3. The van der Waals surface area contributed by atoms with Gasteiger partial charge in [-0.2, -0.15) is 0 Å². The lowest BCUT2D eigenvalue weighted by molar-refractivity contribution is -0.152. The molecule has 1 unspecified atom stereocenters. The summed E-state index contributed by atoms with van der Waals surface area (Å²) < 4.78 is 9.13. The van der Waals surface area contributed by atoms with E-state index in [1.807, 2.05) is 0 Å². The van der Waals surface area contributed by atoms with Crippen LogP contribution >= 0.6 is 0 Å². The Hall–Kier alpha value is -1.10. The highest BCUT2D eigenvalue weighted by Crippen LogP contribution is 2.14. The number of rotatable bonds is 5. The second-order valence-corrected chi connectivity index (χ2v) is 3.30. The third-order valence-electron chi connectivity index (χ3n) is 2.19. The Morgan fingerprint density at radius 2 is 1.93 bits per heavy atom. The smallest absolute Gasteiger partial charge is 0.310 e. The van der Waals surface area contributed by atoms with E-state index in [0.29, 0.717) is 6.54 Å². The predicted octanol–water partition coefficient (Wildman–Crippen LogP) is -0.346. The summed E-state index contributed by atoms with van der Waals surface area (Å²) in [6.07, 6.45) is 0.0969. The molecule has 80 valence electrons. The molecule has 1 fully saturated rings. The van der Waals surface area contributed by atoms with Crippen molar-refractivity contribution in [2.75, 3.05) is 33.9 Å². The number of methoxy groups -OCH3 is 2. The summed E-state index contributed by atoms with van der Waals surface area (Å²) in [5, 5.41) is 0. The zero-order chi connectivity index (χ0) is 10.6. The minimum Gasteiger partial charge on any atom is -0.469 e. The number of carbonyl (C=O) groups is 2. The zero-order valence-electron chi connectivity index (χ0n) is 8.49. The fourth-order valence-corrected chi connectivity index (χ4v) is 1.24. The maximum absolute atomic E-state index is 11.3. The van der Waals surface area contributed by atoms with Crippen molar-refractivity contribution >= 4 is 11.9 Å². The molecular weight excluding hydrogens is 186 g/mol. The highest BCUT2D eigenvalue weighted by molar-refractivity contribution is 5.80. The summed E-state index contributed by atoms with van der Waals surface area (Å²) >= 11 is 0. The van der Waals surface area contributed by atoms with Crippen molar-refractivity contribution in [1.82, 2.24) is 4.90 Å². The van der Waals surface area contributed by atoms with E-state index in [2.05, 4.69) is 14.4 Å². The van der Waals surface area contributed by atoms with Crippen LogP contribution in [0.5, 0.6) is 0 Å². The van der Waals surface area contributed by atoms with Gasteiger partial charge in [0, 0.05) is 19.6 Å². The van der Waals surface area contributed by atoms with Gasteiger partial charge >= 0.3 is 11.9 Å². The Morgan fingerprint density at radius 3 is 2.36 bits per heavy atom. The van der Waals surface area contributed by atoms with Crippen LogP contribution < -0.4 is 0 Å². The maximum Gasteiger partial charge on any atom is 0.310 e. The van der Waals surface area contributed by atoms with Crippen LogP contribution in [-0.4, -0.2) is 50.7 Å². The molecule has 0 aromatic rings. The van der Waals surface area contributed by atoms with Crippen molar-refractivity contribution in [1.29, 1.82) is 0 Å². The van der Waals surface area contributed by atoms with Gasteiger partial charge in [-0.15, -0.1) is 0 Å². The lowest BCUT2D eigenvalue weighted by Gasteiger charge is -2.13. The van der Waals surface area contributed by atoms with E-state index < -0.39 is 5.92 Å². The number of esters is 2. The molecule has 1 atom stereocenters. The quantitative estimate of drug-likeness (QED) is 0.449. The molecule has 0 N–H and O–H groups in total. The van der Waals surface area contributed by atoms with Gasteiger partial charge in [0.1, 0.15) is 0 Å². The van der Waals surface area contributed by atoms with Gasteiger partial charge < -0.3 is 9.47 Å². The minimum absolute atomic E-state index is 0.0969. The van der Waals surface area contributed by atoms with E-state index in [4.69, 9.17) is 0 Å². The fraction of sp³-hybridized carbons (Fsp3) is 0.778. The van der Waals surface area contributed by atoms with E-state index in [1.165, 1.54) is 14.2 Å². The Kier molecular flexibility index (Phi) is 3.88. The first-order valence-corrected chi connectivity index (χ1v) is 4.54. The SMILES string of the molecule is COC(=O)CC(CN1CC1)C(=O)OC. The van der Waals surface area contributed by atoms with Crippen molar-refractivity contribution in [3.05, 3.63) is 0 Å². The van der Waals surface area contributed by atoms with Gasteiger partial charge in [0.15, 0.2) is 0 Å². The molecule has 5 heteroatoms. The number of carbonyl (C=O) groups excluding carboxylic acids is 2. The van der Waals surface area contributed by atoms with Crippen LogP contribution in [0.4, 0.5) is 0 Å². The van der Waals surface area contributed by atoms with Crippen molar-refractivity contribution in [3.8, 4) is 0 Å². The molecule has 0 radical (unpaired) electrons. The predicted molar refractivity (Wildman–Crippen MR) is 48.6 cm³/mol. The number of ether oxygens (including phenoxy) is 2. The molecule has 1 heterocycles. The summed E-state index contributed by atoms with van der Waals surface area (Å²) in [5.74, 6) is -1.11. The van der Waals surface area contributed by atoms with Gasteiger partial charge in [0.25, 0.3) is 0 Å². The third-order valence-corrected chi connectivity index (χ3v) is 2.19. The molecule has 0 aromatic heterocycles. The first-order valence-electron chi connectivity index (χ1n) is 4.54. The summed E-state index contributed by atoms with van der Waals surface area (Å²) in [6, 6.07) is 0. The molecular formula is C9H15NO4. The summed E-state index contributed by atoms with van der Waals surface area (Å²) in [7, 11) is 2.64. The second-order valence-electron chi connectivity index (χ2n) is 3.30. The van der Waals surface area contributed by atoms with Crippen LogP contribution in [0.1, 0.15) is 6.42 Å². The molecule has 0 saturated carbocycles. The molecule has 0 spiro atoms. The molecule has 14 heavy (non-hydrogen) atoms. The molecule has 0 bridgehead atoms. The molecule has 1 saturated heterocycles. The molecule has 1 aliphatic rings. The van der Waals surface area contributed by atoms with Crippen LogP contribution in [0, 0.1) is 5.92 Å². The van der Waals surface area contributed by atoms with E-state index in [-0.39, 0.29) is 18.4 Å². The Morgan fingerprint density at radius 1 is 1.29 bits per heavy atom. The topological polar surface area (TPSA) is 55.6 Å². The van der Waals surface area contributed by atoms with Crippen molar-refractivity contribution < 1.29 is 19.1 Å². The second kappa shape index (κ2) is 4.95. The number of hydrogen-bond donors (Lipinski definition) is 0. The largest absolute Gasteiger partial charge is 0.469 e. The van der Waals surface area contributed by atoms with Crippen LogP contribution in [0.25, 0.3) is 0 Å². The van der Waals surface area contributed by atoms with Gasteiger partial charge in [-0.25, -0.2) is 0 Å². The maximum atomic E-state index is 11.3. The number of hydrogen-bond acceptors (Lipinski definition) is 5. The lowest BCUT2D eigenvalue weighted by atomic mass is 10.1. The molecule has 1 rings (SSSR count). The fourth-order valence-electron chi connectivity index (χ4n) is 1.24. The van der Waals surface area contributed by atoms with Gasteiger partial charge in [-0.05, 0) is 0 Å². The van der Waals surface area contributed by atoms with Crippen molar-refractivity contribution in [2.24, 2.45) is 5.92 Å². The van der Waals surface area contributed by atoms with Crippen LogP contribution in [-0.2, 0) is 19.1 Å². The van der Waals surface area contributed by atoms with Crippen molar-refractivity contribution in [2.45, 2.75) is 6.42 Å². The number of nitrogens with zero attached hydrogens (tertiary/aromatic N) is 1. The summed E-state index contributed by atoms with van der Waals surface area (Å²) in [5.41, 5.74) is 0. The highest BCUT2D eigenvalue weighted by Gasteiger charge is 2.29. The van der Waals surface area contributed by atoms with Gasteiger partial charge in [-0.3, -0.25) is 14.5 Å². The van der Waals surface area contributed by atoms with E-state index in [9.17, 15) is 9.59 Å². The first-order chi connectivity index (χ1) is 6.67. The monoisotopic (exact) mass is 201 g/mol. The Labute approximate surface area is 83.0 Å². The van der Waals surface area contributed by atoms with Gasteiger partial charge in [0.2, 0.25) is 0 Å². The normalized spacial score (nSPS) is 17.3. The highest BCUT2D eigenvalue weighted by atomic mass is 16.5. The summed E-state index contributed by atoms with van der Waals surface area (Å²) in [4.78, 5) is 24.3. The summed E-state index contributed by atoms with van der Waals surface area (Å²) in [6.45, 7) is 2.57. The average Bonchev–Trinajstić information content (AvgIpc) is 2.99. The zero-order valence-corrected chi connectivity index (χ0v) is 8.49. The lowest BCUT2D eigenvalue weighted by Crippen LogP contribution is -2.27. The Balaban J connectivity index is 2.42. The molecule has 0 aliphatic carbocycles. The van der Waals surface area contributed by atoms with E-state index >= 15 is 0 Å².